The number of aryl methyl sites for hydroxylation is 2. The fraction of sp³-hybridized carbons (Fsp3) is 0.286. The number of hydrogen-bond acceptors (Lipinski definition) is 4. The van der Waals surface area contributed by atoms with Crippen molar-refractivity contribution in [2.75, 3.05) is 24.1 Å². The number of hydrogen-bond donors (Lipinski definition) is 0. The van der Waals surface area contributed by atoms with Crippen molar-refractivity contribution in [2.45, 2.75) is 26.7 Å². The van der Waals surface area contributed by atoms with Gasteiger partial charge in [0, 0.05) is 19.9 Å². The smallest absolute Gasteiger partial charge is 0.274 e. The number of methoxy groups -OCH3 is 1. The number of nitrogens with zero attached hydrogens (tertiary/aromatic N) is 3. The van der Waals surface area contributed by atoms with E-state index in [2.05, 4.69) is 5.10 Å². The maximum Gasteiger partial charge on any atom is 0.274 e. The second-order valence-corrected chi connectivity index (χ2v) is 6.58. The molecule has 1 heterocycles. The quantitative estimate of drug-likeness (QED) is 0.834. The molecule has 3 rings (SSSR count). The number of benzene rings is 2. The van der Waals surface area contributed by atoms with Crippen LogP contribution in [0.3, 0.4) is 0 Å². The minimum absolute atomic E-state index is 0.111. The maximum atomic E-state index is 13.0. The molecule has 0 saturated heterocycles. The molecule has 1 aliphatic heterocycles. The zero-order valence-corrected chi connectivity index (χ0v) is 16.0. The van der Waals surface area contributed by atoms with Gasteiger partial charge in [0.25, 0.3) is 5.91 Å². The average Bonchev–Trinajstić information content (AvgIpc) is 2.69. The third kappa shape index (κ3) is 3.69. The Bertz CT molecular complexity index is 921. The fourth-order valence-corrected chi connectivity index (χ4v) is 3.05. The number of anilines is 2. The number of rotatable bonds is 4. The van der Waals surface area contributed by atoms with Crippen LogP contribution < -0.4 is 14.6 Å². The van der Waals surface area contributed by atoms with Gasteiger partial charge in [-0.15, -0.1) is 0 Å². The summed E-state index contributed by atoms with van der Waals surface area (Å²) in [5, 5.41) is 5.76. The first-order valence-corrected chi connectivity index (χ1v) is 8.81. The number of para-hydroxylation sites is 2. The highest BCUT2D eigenvalue weighted by molar-refractivity contribution is 6.44. The third-order valence-electron chi connectivity index (χ3n) is 4.62. The summed E-state index contributed by atoms with van der Waals surface area (Å²) in [4.78, 5) is 27.0. The molecule has 0 unspecified atom stereocenters. The molecule has 6 nitrogen and oxygen atoms in total. The van der Waals surface area contributed by atoms with Crippen molar-refractivity contribution in [2.24, 2.45) is 5.10 Å². The lowest BCUT2D eigenvalue weighted by molar-refractivity contribution is -0.118. The monoisotopic (exact) mass is 365 g/mol. The Morgan fingerprint density at radius 3 is 2.63 bits per heavy atom. The molecular weight excluding hydrogens is 342 g/mol. The van der Waals surface area contributed by atoms with E-state index in [1.165, 1.54) is 9.91 Å². The molecule has 2 aromatic carbocycles. The number of carbonyl (C=O) groups excluding carboxylic acids is 2. The molecule has 1 aliphatic rings. The van der Waals surface area contributed by atoms with Gasteiger partial charge in [-0.05, 0) is 43.2 Å². The van der Waals surface area contributed by atoms with Gasteiger partial charge in [0.05, 0.1) is 18.5 Å². The van der Waals surface area contributed by atoms with E-state index in [-0.39, 0.29) is 18.2 Å². The first-order chi connectivity index (χ1) is 12.9. The minimum atomic E-state index is -0.248. The molecule has 0 fully saturated rings. The Hall–Kier alpha value is -3.15. The first-order valence-electron chi connectivity index (χ1n) is 8.81. The second-order valence-electron chi connectivity index (χ2n) is 6.58. The molecule has 0 spiro atoms. The van der Waals surface area contributed by atoms with E-state index in [0.29, 0.717) is 29.3 Å². The molecule has 6 heteroatoms. The summed E-state index contributed by atoms with van der Waals surface area (Å²) in [5.74, 6) is 0.245. The van der Waals surface area contributed by atoms with Gasteiger partial charge in [0.15, 0.2) is 0 Å². The zero-order chi connectivity index (χ0) is 19.6. The number of carbonyl (C=O) groups is 2. The number of hydrazone groups is 1. The highest BCUT2D eigenvalue weighted by Crippen LogP contribution is 2.29. The average molecular weight is 365 g/mol. The standard InChI is InChI=1S/C21H23N3O3/c1-14-9-10-15(2)18(13-14)24-20(25)12-11-16(22-24)21(26)23(3)17-7-5-6-8-19(17)27-4/h5-10,13H,11-12H2,1-4H3. The van der Waals surface area contributed by atoms with Crippen LogP contribution in [0.2, 0.25) is 0 Å². The van der Waals surface area contributed by atoms with Crippen molar-refractivity contribution in [3.05, 3.63) is 53.6 Å². The van der Waals surface area contributed by atoms with Gasteiger partial charge in [0.2, 0.25) is 5.91 Å². The van der Waals surface area contributed by atoms with Crippen LogP contribution in [0, 0.1) is 13.8 Å². The van der Waals surface area contributed by atoms with Crippen LogP contribution in [0.5, 0.6) is 5.75 Å². The SMILES string of the molecule is COc1ccccc1N(C)C(=O)C1=NN(c2cc(C)ccc2C)C(=O)CC1. The Labute approximate surface area is 159 Å². The first kappa shape index (κ1) is 18.6. The Kier molecular flexibility index (Phi) is 5.26. The molecule has 0 bridgehead atoms. The van der Waals surface area contributed by atoms with Crippen LogP contribution >= 0.6 is 0 Å². The topological polar surface area (TPSA) is 62.2 Å². The summed E-state index contributed by atoms with van der Waals surface area (Å²) < 4.78 is 5.34. The van der Waals surface area contributed by atoms with Gasteiger partial charge in [-0.1, -0.05) is 24.3 Å². The highest BCUT2D eigenvalue weighted by atomic mass is 16.5. The maximum absolute atomic E-state index is 13.0. The van der Waals surface area contributed by atoms with Crippen LogP contribution in [0.15, 0.2) is 47.6 Å². The van der Waals surface area contributed by atoms with Crippen LogP contribution in [0.4, 0.5) is 11.4 Å². The third-order valence-corrected chi connectivity index (χ3v) is 4.62. The summed E-state index contributed by atoms with van der Waals surface area (Å²) in [5.41, 5.74) is 3.68. The van der Waals surface area contributed by atoms with Gasteiger partial charge in [0.1, 0.15) is 11.5 Å². The summed E-state index contributed by atoms with van der Waals surface area (Å²) >= 11 is 0. The van der Waals surface area contributed by atoms with Gasteiger partial charge in [-0.2, -0.15) is 5.10 Å². The molecule has 0 radical (unpaired) electrons. The van der Waals surface area contributed by atoms with Crippen molar-refractivity contribution in [1.29, 1.82) is 0 Å². The van der Waals surface area contributed by atoms with Crippen molar-refractivity contribution in [1.82, 2.24) is 0 Å². The summed E-state index contributed by atoms with van der Waals surface area (Å²) in [6.07, 6.45) is 0.566. The van der Waals surface area contributed by atoms with E-state index in [9.17, 15) is 9.59 Å². The van der Waals surface area contributed by atoms with Gasteiger partial charge < -0.3 is 9.64 Å². The highest BCUT2D eigenvalue weighted by Gasteiger charge is 2.29. The van der Waals surface area contributed by atoms with Crippen LogP contribution in [-0.2, 0) is 9.59 Å². The Morgan fingerprint density at radius 1 is 1.15 bits per heavy atom. The Morgan fingerprint density at radius 2 is 1.89 bits per heavy atom. The molecule has 2 amide bonds. The van der Waals surface area contributed by atoms with Crippen molar-refractivity contribution in [3.63, 3.8) is 0 Å². The summed E-state index contributed by atoms with van der Waals surface area (Å²) in [6, 6.07) is 13.1. The minimum Gasteiger partial charge on any atom is -0.495 e. The number of amides is 2. The van der Waals surface area contributed by atoms with Crippen LogP contribution in [0.25, 0.3) is 0 Å². The van der Waals surface area contributed by atoms with Gasteiger partial charge >= 0.3 is 0 Å². The van der Waals surface area contributed by atoms with Crippen molar-refractivity contribution >= 4 is 28.9 Å². The normalized spacial score (nSPS) is 14.0. The van der Waals surface area contributed by atoms with Gasteiger partial charge in [-0.25, -0.2) is 5.01 Å². The van der Waals surface area contributed by atoms with E-state index >= 15 is 0 Å². The van der Waals surface area contributed by atoms with Gasteiger partial charge in [-0.3, -0.25) is 9.59 Å². The molecule has 0 N–H and O–H groups in total. The van der Waals surface area contributed by atoms with Crippen molar-refractivity contribution in [3.8, 4) is 5.75 Å². The molecule has 27 heavy (non-hydrogen) atoms. The second kappa shape index (κ2) is 7.61. The zero-order valence-electron chi connectivity index (χ0n) is 16.0. The van der Waals surface area contributed by atoms with Crippen LogP contribution in [-0.4, -0.2) is 31.7 Å². The fourth-order valence-electron chi connectivity index (χ4n) is 3.05. The predicted molar refractivity (Wildman–Crippen MR) is 106 cm³/mol. The lowest BCUT2D eigenvalue weighted by Gasteiger charge is -2.27. The molecule has 2 aromatic rings. The molecule has 0 saturated carbocycles. The van der Waals surface area contributed by atoms with Crippen molar-refractivity contribution < 1.29 is 14.3 Å². The predicted octanol–water partition coefficient (Wildman–Crippen LogP) is 3.46. The lowest BCUT2D eigenvalue weighted by Crippen LogP contribution is -2.40. The van der Waals surface area contributed by atoms with E-state index < -0.39 is 0 Å². The Balaban J connectivity index is 1.95. The summed E-state index contributed by atoms with van der Waals surface area (Å²) in [7, 11) is 3.25. The van der Waals surface area contributed by atoms with Crippen LogP contribution in [0.1, 0.15) is 24.0 Å². The molecule has 0 aliphatic carbocycles. The lowest BCUT2D eigenvalue weighted by atomic mass is 10.1. The largest absolute Gasteiger partial charge is 0.495 e. The number of ether oxygens (including phenoxy) is 1. The molecule has 0 atom stereocenters. The van der Waals surface area contributed by atoms with E-state index in [4.69, 9.17) is 4.74 Å². The molecule has 140 valence electrons. The van der Waals surface area contributed by atoms with E-state index in [1.54, 1.807) is 20.2 Å². The van der Waals surface area contributed by atoms with E-state index in [0.717, 1.165) is 11.1 Å². The summed E-state index contributed by atoms with van der Waals surface area (Å²) in [6.45, 7) is 3.89. The molecule has 0 aromatic heterocycles. The van der Waals surface area contributed by atoms with E-state index in [1.807, 2.05) is 50.2 Å². The molecular formula is C21H23N3O3.